The van der Waals surface area contributed by atoms with Gasteiger partial charge in [-0.3, -0.25) is 0 Å². The number of nitrogens with zero attached hydrogens (tertiary/aromatic N) is 1. The van der Waals surface area contributed by atoms with E-state index >= 15 is 0 Å². The quantitative estimate of drug-likeness (QED) is 0.870. The van der Waals surface area contributed by atoms with Crippen LogP contribution in [0.5, 0.6) is 0 Å². The molecule has 1 heterocycles. The van der Waals surface area contributed by atoms with E-state index in [1.807, 2.05) is 53.4 Å². The third-order valence-electron chi connectivity index (χ3n) is 4.56. The van der Waals surface area contributed by atoms with Crippen molar-refractivity contribution in [2.45, 2.75) is 26.0 Å². The number of carbonyl (C=O) groups is 1. The maximum absolute atomic E-state index is 12.4. The number of piperidine rings is 1. The van der Waals surface area contributed by atoms with Crippen LogP contribution < -0.4 is 5.32 Å². The number of amides is 2. The van der Waals surface area contributed by atoms with Crippen LogP contribution in [-0.2, 0) is 17.9 Å². The Morgan fingerprint density at radius 1 is 1.04 bits per heavy atom. The van der Waals surface area contributed by atoms with Crippen LogP contribution in [0.4, 0.5) is 4.79 Å². The van der Waals surface area contributed by atoms with Gasteiger partial charge in [-0.1, -0.05) is 60.7 Å². The number of carbonyl (C=O) groups excluding carboxylic acids is 1. The molecule has 2 aromatic rings. The molecular formula is C21H26N2O2. The number of likely N-dealkylation sites (tertiary alicyclic amines) is 1. The standard InChI is InChI=1S/C21H26N2O2/c24-21(22-14-18-8-3-1-4-9-18)23-13-7-12-20(15-23)17-25-16-19-10-5-2-6-11-19/h1-6,8-11,20H,7,12-17H2,(H,22,24). The first-order valence-corrected chi connectivity index (χ1v) is 8.99. The summed E-state index contributed by atoms with van der Waals surface area (Å²) >= 11 is 0. The van der Waals surface area contributed by atoms with Crippen LogP contribution in [0, 0.1) is 5.92 Å². The first kappa shape index (κ1) is 17.5. The predicted octanol–water partition coefficient (Wildman–Crippen LogP) is 3.83. The van der Waals surface area contributed by atoms with Gasteiger partial charge < -0.3 is 15.0 Å². The third-order valence-corrected chi connectivity index (χ3v) is 4.56. The van der Waals surface area contributed by atoms with E-state index in [0.29, 0.717) is 25.7 Å². The Balaban J connectivity index is 1.40. The second kappa shape index (κ2) is 9.23. The van der Waals surface area contributed by atoms with Gasteiger partial charge in [-0.15, -0.1) is 0 Å². The summed E-state index contributed by atoms with van der Waals surface area (Å²) in [5, 5.41) is 3.02. The minimum absolute atomic E-state index is 0.0246. The number of hydrogen-bond donors (Lipinski definition) is 1. The van der Waals surface area contributed by atoms with E-state index < -0.39 is 0 Å². The maximum Gasteiger partial charge on any atom is 0.317 e. The average Bonchev–Trinajstić information content (AvgIpc) is 2.68. The smallest absolute Gasteiger partial charge is 0.317 e. The van der Waals surface area contributed by atoms with Crippen molar-refractivity contribution in [1.82, 2.24) is 10.2 Å². The van der Waals surface area contributed by atoms with E-state index in [1.54, 1.807) is 0 Å². The zero-order valence-corrected chi connectivity index (χ0v) is 14.6. The van der Waals surface area contributed by atoms with Crippen LogP contribution in [0.25, 0.3) is 0 Å². The second-order valence-corrected chi connectivity index (χ2v) is 6.60. The number of rotatable bonds is 6. The molecule has 1 aliphatic heterocycles. The Labute approximate surface area is 149 Å². The van der Waals surface area contributed by atoms with Crippen LogP contribution in [0.1, 0.15) is 24.0 Å². The molecular weight excluding hydrogens is 312 g/mol. The Kier molecular flexibility index (Phi) is 6.46. The van der Waals surface area contributed by atoms with Gasteiger partial charge in [-0.25, -0.2) is 4.79 Å². The molecule has 1 atom stereocenters. The van der Waals surface area contributed by atoms with Crippen molar-refractivity contribution in [1.29, 1.82) is 0 Å². The van der Waals surface area contributed by atoms with Crippen LogP contribution in [0.15, 0.2) is 60.7 Å². The maximum atomic E-state index is 12.4. The van der Waals surface area contributed by atoms with Crippen molar-refractivity contribution in [2.24, 2.45) is 5.92 Å². The lowest BCUT2D eigenvalue weighted by molar-refractivity contribution is 0.0590. The molecule has 0 bridgehead atoms. The molecule has 1 aliphatic rings. The van der Waals surface area contributed by atoms with Gasteiger partial charge in [0.2, 0.25) is 0 Å². The fourth-order valence-corrected chi connectivity index (χ4v) is 3.19. The largest absolute Gasteiger partial charge is 0.376 e. The van der Waals surface area contributed by atoms with Crippen LogP contribution in [-0.4, -0.2) is 30.6 Å². The lowest BCUT2D eigenvalue weighted by atomic mass is 9.99. The van der Waals surface area contributed by atoms with Crippen molar-refractivity contribution < 1.29 is 9.53 Å². The summed E-state index contributed by atoms with van der Waals surface area (Å²) in [5.74, 6) is 0.417. The van der Waals surface area contributed by atoms with Crippen LogP contribution in [0.2, 0.25) is 0 Å². The molecule has 0 radical (unpaired) electrons. The fraction of sp³-hybridized carbons (Fsp3) is 0.381. The van der Waals surface area contributed by atoms with Gasteiger partial charge in [-0.2, -0.15) is 0 Å². The molecule has 3 rings (SSSR count). The van der Waals surface area contributed by atoms with Gasteiger partial charge >= 0.3 is 6.03 Å². The molecule has 0 aromatic heterocycles. The number of hydrogen-bond acceptors (Lipinski definition) is 2. The lowest BCUT2D eigenvalue weighted by Gasteiger charge is -2.32. The second-order valence-electron chi connectivity index (χ2n) is 6.60. The SMILES string of the molecule is O=C(NCc1ccccc1)N1CCCC(COCc2ccccc2)C1. The zero-order chi connectivity index (χ0) is 17.3. The van der Waals surface area contributed by atoms with Gasteiger partial charge in [0.25, 0.3) is 0 Å². The van der Waals surface area contributed by atoms with E-state index in [-0.39, 0.29) is 6.03 Å². The molecule has 1 unspecified atom stereocenters. The number of benzene rings is 2. The molecule has 2 amide bonds. The first-order chi connectivity index (χ1) is 12.3. The number of nitrogens with one attached hydrogen (secondary N) is 1. The predicted molar refractivity (Wildman–Crippen MR) is 99.1 cm³/mol. The average molecular weight is 338 g/mol. The highest BCUT2D eigenvalue weighted by Crippen LogP contribution is 2.17. The van der Waals surface area contributed by atoms with E-state index in [0.717, 1.165) is 31.5 Å². The minimum Gasteiger partial charge on any atom is -0.376 e. The van der Waals surface area contributed by atoms with Gasteiger partial charge in [-0.05, 0) is 24.0 Å². The molecule has 2 aromatic carbocycles. The van der Waals surface area contributed by atoms with E-state index in [4.69, 9.17) is 4.74 Å². The molecule has 1 saturated heterocycles. The van der Waals surface area contributed by atoms with Crippen LogP contribution in [0.3, 0.4) is 0 Å². The monoisotopic (exact) mass is 338 g/mol. The Morgan fingerprint density at radius 2 is 1.72 bits per heavy atom. The summed E-state index contributed by atoms with van der Waals surface area (Å²) in [6.07, 6.45) is 2.16. The molecule has 0 saturated carbocycles. The zero-order valence-electron chi connectivity index (χ0n) is 14.6. The summed E-state index contributed by atoms with van der Waals surface area (Å²) in [4.78, 5) is 14.3. The highest BCUT2D eigenvalue weighted by atomic mass is 16.5. The van der Waals surface area contributed by atoms with Gasteiger partial charge in [0.1, 0.15) is 0 Å². The molecule has 1 N–H and O–H groups in total. The van der Waals surface area contributed by atoms with E-state index in [2.05, 4.69) is 17.4 Å². The normalized spacial score (nSPS) is 17.3. The van der Waals surface area contributed by atoms with Gasteiger partial charge in [0, 0.05) is 25.6 Å². The Bertz CT molecular complexity index is 645. The molecule has 0 spiro atoms. The first-order valence-electron chi connectivity index (χ1n) is 8.99. The summed E-state index contributed by atoms with van der Waals surface area (Å²) in [5.41, 5.74) is 2.31. The summed E-state index contributed by atoms with van der Waals surface area (Å²) in [7, 11) is 0. The summed E-state index contributed by atoms with van der Waals surface area (Å²) in [6, 6.07) is 20.2. The van der Waals surface area contributed by atoms with E-state index in [9.17, 15) is 4.79 Å². The third kappa shape index (κ3) is 5.61. The molecule has 25 heavy (non-hydrogen) atoms. The van der Waals surface area contributed by atoms with Crippen molar-refractivity contribution in [3.05, 3.63) is 71.8 Å². The molecule has 132 valence electrons. The molecule has 0 aliphatic carbocycles. The fourth-order valence-electron chi connectivity index (χ4n) is 3.19. The van der Waals surface area contributed by atoms with Crippen molar-refractivity contribution in [3.63, 3.8) is 0 Å². The Morgan fingerprint density at radius 3 is 2.44 bits per heavy atom. The number of urea groups is 1. The van der Waals surface area contributed by atoms with Crippen molar-refractivity contribution in [3.8, 4) is 0 Å². The summed E-state index contributed by atoms with van der Waals surface area (Å²) < 4.78 is 5.86. The van der Waals surface area contributed by atoms with Gasteiger partial charge in [0.15, 0.2) is 0 Å². The van der Waals surface area contributed by atoms with Crippen molar-refractivity contribution in [2.75, 3.05) is 19.7 Å². The molecule has 4 heteroatoms. The molecule has 4 nitrogen and oxygen atoms in total. The highest BCUT2D eigenvalue weighted by Gasteiger charge is 2.23. The Hall–Kier alpha value is -2.33. The number of ether oxygens (including phenoxy) is 1. The van der Waals surface area contributed by atoms with E-state index in [1.165, 1.54) is 5.56 Å². The van der Waals surface area contributed by atoms with Gasteiger partial charge in [0.05, 0.1) is 13.2 Å². The van der Waals surface area contributed by atoms with Crippen molar-refractivity contribution >= 4 is 6.03 Å². The lowest BCUT2D eigenvalue weighted by Crippen LogP contribution is -2.46. The van der Waals surface area contributed by atoms with Crippen LogP contribution >= 0.6 is 0 Å². The topological polar surface area (TPSA) is 41.6 Å². The molecule has 1 fully saturated rings. The highest BCUT2D eigenvalue weighted by molar-refractivity contribution is 5.74. The summed E-state index contributed by atoms with van der Waals surface area (Å²) in [6.45, 7) is 3.52. The minimum atomic E-state index is 0.0246.